The predicted molar refractivity (Wildman–Crippen MR) is 495 cm³/mol. The Hall–Kier alpha value is -10.4. The molecule has 3 atom stereocenters. The smallest absolute Gasteiger partial charge is 0.480 e. The maximum absolute atomic E-state index is 14.0. The maximum Gasteiger partial charge on any atom is 0.480 e. The van der Waals surface area contributed by atoms with Crippen LogP contribution in [0.15, 0.2) is 390 Å². The molecule has 0 heterocycles. The molecule has 0 N–H and O–H groups in total. The van der Waals surface area contributed by atoms with E-state index < -0.39 is 110 Å². The number of unbranched alkanes of at least 4 members (excludes halogenated alkanes) is 1. The van der Waals surface area contributed by atoms with Crippen molar-refractivity contribution in [1.82, 2.24) is 0 Å². The summed E-state index contributed by atoms with van der Waals surface area (Å²) in [5, 5.41) is -28.3. The van der Waals surface area contributed by atoms with E-state index in [9.17, 15) is 125 Å². The highest BCUT2D eigenvalue weighted by Crippen LogP contribution is 2.55. The molecule has 0 amide bonds. The van der Waals surface area contributed by atoms with Crippen LogP contribution >= 0.6 is 0 Å². The maximum atomic E-state index is 14.0. The van der Waals surface area contributed by atoms with Gasteiger partial charge in [0.25, 0.3) is 0 Å². The van der Waals surface area contributed by atoms with Crippen LogP contribution in [0.1, 0.15) is 108 Å². The molecule has 0 bridgehead atoms. The highest BCUT2D eigenvalue weighted by Gasteiger charge is 2.83. The summed E-state index contributed by atoms with van der Waals surface area (Å²) >= 11 is 0. The SMILES string of the molecule is CCC(C)c1ccc(OCCCCS(=O)(=O)[O-])cc1.CCC(C)c1ccc(OS(=O)(=O)C(F)(F)C(F)(F)C(F)(F)S(=O)(=O)[N-]S(=O)(=O)C(F)(F)F)cc1.CCC(C)c1ccc(OS(=O)(=O)C(F)(F)C(F)(F)C(F)(F)S(=O)(=O)[O-])cc1.c1ccc([S+](c2ccccc2)c2ccccc2)cc1.c1ccc([S+](c2ccccc2)c2ccccc2)cc1.c1ccc([S+](c2ccccc2)c2ccccc2)cc1. The van der Waals surface area contributed by atoms with E-state index in [0.717, 1.165) is 36.4 Å². The fourth-order valence-corrected chi connectivity index (χ4v) is 23.1. The summed E-state index contributed by atoms with van der Waals surface area (Å²) < 4.78 is 365. The molecule has 18 nitrogen and oxygen atoms in total. The molecule has 12 aromatic rings. The fourth-order valence-electron chi connectivity index (χ4n) is 11.7. The number of hydrogen-bond donors (Lipinski definition) is 0. The number of rotatable bonds is 35. The summed E-state index contributed by atoms with van der Waals surface area (Å²) in [5.74, 6) is -15.9. The zero-order chi connectivity index (χ0) is 102. The van der Waals surface area contributed by atoms with Crippen LogP contribution < -0.4 is 13.1 Å². The van der Waals surface area contributed by atoms with E-state index in [1.807, 2.05) is 31.2 Å². The molecule has 42 heteroatoms. The number of alkyl halides is 15. The molecule has 12 rings (SSSR count). The van der Waals surface area contributed by atoms with Crippen molar-refractivity contribution >= 4 is 93.2 Å². The second-order valence-electron chi connectivity index (χ2n) is 29.4. The first kappa shape index (κ1) is 114. The van der Waals surface area contributed by atoms with Gasteiger partial charge in [0.1, 0.15) is 17.2 Å². The van der Waals surface area contributed by atoms with Gasteiger partial charge in [0.2, 0.25) is 0 Å². The zero-order valence-corrected chi connectivity index (χ0v) is 80.7. The van der Waals surface area contributed by atoms with Gasteiger partial charge >= 0.3 is 58.6 Å². The molecule has 0 aliphatic heterocycles. The Labute approximate surface area is 796 Å². The molecule has 0 aliphatic rings. The van der Waals surface area contributed by atoms with Gasteiger partial charge in [-0.15, -0.1) is 0 Å². The molecule has 738 valence electrons. The minimum atomic E-state index is -7.96. The van der Waals surface area contributed by atoms with E-state index in [1.54, 1.807) is 20.8 Å². The average Bonchev–Trinajstić information content (AvgIpc) is 0.718. The van der Waals surface area contributed by atoms with Gasteiger partial charge in [-0.1, -0.05) is 242 Å². The van der Waals surface area contributed by atoms with Crippen molar-refractivity contribution in [2.24, 2.45) is 0 Å². The molecule has 0 saturated heterocycles. The number of sulfonamides is 2. The molecule has 3 unspecified atom stereocenters. The van der Waals surface area contributed by atoms with Crippen LogP contribution in [-0.4, -0.2) is 110 Å². The highest BCUT2D eigenvalue weighted by atomic mass is 32.3. The van der Waals surface area contributed by atoms with Gasteiger partial charge in [0.15, 0.2) is 74.2 Å². The van der Waals surface area contributed by atoms with Crippen LogP contribution in [0.2, 0.25) is 0 Å². The van der Waals surface area contributed by atoms with Crippen LogP contribution in [-0.2, 0) is 93.2 Å². The predicted octanol–water partition coefficient (Wildman–Crippen LogP) is 24.8. The molecule has 12 aromatic carbocycles. The van der Waals surface area contributed by atoms with E-state index in [4.69, 9.17) is 4.74 Å². The first-order chi connectivity index (χ1) is 64.1. The van der Waals surface area contributed by atoms with E-state index in [1.165, 1.54) is 61.8 Å². The largest absolute Gasteiger partial charge is 0.748 e. The van der Waals surface area contributed by atoms with Crippen molar-refractivity contribution in [2.45, 2.75) is 174 Å². The quantitative estimate of drug-likeness (QED) is 0.0117. The van der Waals surface area contributed by atoms with Crippen LogP contribution in [0.3, 0.4) is 0 Å². The molecular formula is C95H92F15NO17S9. The average molecular weight is 2090 g/mol. The molecule has 0 spiro atoms. The Morgan fingerprint density at radius 2 is 0.496 bits per heavy atom. The molecule has 0 aromatic heterocycles. The van der Waals surface area contributed by atoms with Gasteiger partial charge in [0.05, 0.1) is 49.4 Å². The van der Waals surface area contributed by atoms with E-state index in [0.29, 0.717) is 65.6 Å². The molecule has 0 saturated carbocycles. The minimum Gasteiger partial charge on any atom is -0.748 e. The lowest BCUT2D eigenvalue weighted by Gasteiger charge is -2.35. The van der Waals surface area contributed by atoms with Crippen LogP contribution in [0.4, 0.5) is 65.9 Å². The van der Waals surface area contributed by atoms with Crippen molar-refractivity contribution in [3.8, 4) is 17.2 Å². The van der Waals surface area contributed by atoms with Crippen molar-refractivity contribution in [1.29, 1.82) is 0 Å². The van der Waals surface area contributed by atoms with E-state index in [-0.39, 0.29) is 50.3 Å². The molecule has 0 fully saturated rings. The standard InChI is InChI=1S/3C18H15S.C14H13F9NO7S3.C14H22O4S.C13H14F6O6S2/c3*1-4-10-16(11-5-1)19(17-12-6-2-7-13-17)18-14-8-3-9-15-18;1-3-8(2)9-4-6-10(7-5-9)31-34(29,30)13(19,20)11(15,16)12(17,18)32(25,26)24-33(27,28)14(21,22)23;1-3-12(2)13-6-8-14(9-7-13)18-10-4-5-11-19(15,16)17;1-3-8(2)9-4-6-10(7-5-9)25-27(23,24)13(18,19)11(14,15)12(16,17)26(20,21)22/h3*1-15H;4-8H,3H2,1-2H3;6-9,12H,3-5,10-11H2,1-2H3,(H,15,16,17);4-8H,3H2,1-2H3,(H,20,21,22)/q3*+1;-1;;/p-2. The molecule has 0 radical (unpaired) electrons. The molecular weight excluding hydrogens is 2000 g/mol. The number of halogens is 15. The molecule has 137 heavy (non-hydrogen) atoms. The van der Waals surface area contributed by atoms with Gasteiger partial charge in [-0.25, -0.2) is 33.7 Å². The Morgan fingerprint density at radius 3 is 0.693 bits per heavy atom. The van der Waals surface area contributed by atoms with Gasteiger partial charge in [-0.05, 0) is 212 Å². The van der Waals surface area contributed by atoms with Crippen LogP contribution in [0.25, 0.3) is 4.13 Å². The van der Waals surface area contributed by atoms with Crippen molar-refractivity contribution in [3.63, 3.8) is 0 Å². The lowest BCUT2D eigenvalue weighted by atomic mass is 9.99. The van der Waals surface area contributed by atoms with E-state index in [2.05, 4.69) is 295 Å². The lowest BCUT2D eigenvalue weighted by Crippen LogP contribution is -2.61. The van der Waals surface area contributed by atoms with Gasteiger partial charge < -0.3 is 26.3 Å². The number of ether oxygens (including phenoxy) is 1. The third-order valence-corrected chi connectivity index (χ3v) is 33.7. The lowest BCUT2D eigenvalue weighted by molar-refractivity contribution is -0.247. The molecule has 0 aliphatic carbocycles. The Bertz CT molecular complexity index is 5900. The number of benzene rings is 12. The second kappa shape index (κ2) is 49.5. The summed E-state index contributed by atoms with van der Waals surface area (Å²) in [6.07, 6.45) is 3.22. The van der Waals surface area contributed by atoms with Gasteiger partial charge in [-0.3, -0.25) is 0 Å². The van der Waals surface area contributed by atoms with Gasteiger partial charge in [0, 0.05) is 5.75 Å². The topological polar surface area (TPSA) is 293 Å². The number of hydrogen-bond acceptors (Lipinski definition) is 17. The summed E-state index contributed by atoms with van der Waals surface area (Å²) in [5.41, 5.74) is -4.31. The fraction of sp³-hybridized carbons (Fsp3) is 0.242. The summed E-state index contributed by atoms with van der Waals surface area (Å²) in [6.45, 7) is 11.8. The van der Waals surface area contributed by atoms with E-state index >= 15 is 0 Å². The van der Waals surface area contributed by atoms with Crippen LogP contribution in [0.5, 0.6) is 17.2 Å². The van der Waals surface area contributed by atoms with Crippen molar-refractivity contribution < 1.29 is 139 Å². The third kappa shape index (κ3) is 30.3. The number of nitrogens with zero attached hydrogens (tertiary/aromatic N) is 1. The Balaban J connectivity index is 0.000000227. The van der Waals surface area contributed by atoms with Crippen molar-refractivity contribution in [2.75, 3.05) is 12.4 Å². The Morgan fingerprint density at radius 1 is 0.285 bits per heavy atom. The summed E-state index contributed by atoms with van der Waals surface area (Å²) in [4.78, 5) is 12.2. The normalized spacial score (nSPS) is 13.2. The first-order valence-corrected chi connectivity index (χ1v) is 53.4. The van der Waals surface area contributed by atoms with Crippen LogP contribution in [0, 0.1) is 0 Å². The monoisotopic (exact) mass is 2090 g/mol. The first-order valence-electron chi connectivity index (χ1n) is 41.0. The summed E-state index contributed by atoms with van der Waals surface area (Å²) in [6, 6.07) is 112. The van der Waals surface area contributed by atoms with Gasteiger partial charge in [-0.2, -0.15) is 82.7 Å². The third-order valence-electron chi connectivity index (χ3n) is 19.7. The summed E-state index contributed by atoms with van der Waals surface area (Å²) in [7, 11) is -40.9. The Kier molecular flexibility index (Phi) is 41.0. The van der Waals surface area contributed by atoms with Crippen molar-refractivity contribution in [3.05, 3.63) is 367 Å². The minimum absolute atomic E-state index is 0.0146. The highest BCUT2D eigenvalue weighted by molar-refractivity contribution is 8.13. The second-order valence-corrected chi connectivity index (χ2v) is 45.1. The zero-order valence-electron chi connectivity index (χ0n) is 73.3.